The second kappa shape index (κ2) is 14.9. The van der Waals surface area contributed by atoms with Crippen LogP contribution in [0.5, 0.6) is 17.9 Å². The van der Waals surface area contributed by atoms with E-state index in [4.69, 9.17) is 30.7 Å². The van der Waals surface area contributed by atoms with Gasteiger partial charge in [-0.1, -0.05) is 17.7 Å². The Morgan fingerprint density at radius 2 is 1.49 bits per heavy atom. The Morgan fingerprint density at radius 1 is 0.872 bits per heavy atom. The summed E-state index contributed by atoms with van der Waals surface area (Å²) in [7, 11) is 0. The van der Waals surface area contributed by atoms with Crippen LogP contribution in [-0.2, 0) is 30.6 Å². The summed E-state index contributed by atoms with van der Waals surface area (Å²) in [6.07, 6.45) is -5.92. The van der Waals surface area contributed by atoms with Crippen LogP contribution in [0.25, 0.3) is 0 Å². The van der Waals surface area contributed by atoms with Crippen LogP contribution in [-0.4, -0.2) is 76.2 Å². The van der Waals surface area contributed by atoms with Crippen LogP contribution in [0.2, 0.25) is 0 Å². The van der Waals surface area contributed by atoms with Crippen molar-refractivity contribution in [3.8, 4) is 17.9 Å². The number of hydrogen-bond donors (Lipinski definition) is 1. The Morgan fingerprint density at radius 3 is 2.02 bits per heavy atom. The lowest BCUT2D eigenvalue weighted by Gasteiger charge is -2.36. The molecule has 4 rings (SSSR count). The number of carbonyl (C=O) groups excluding carboxylic acids is 1. The summed E-state index contributed by atoms with van der Waals surface area (Å²) in [5.41, 5.74) is -2.62. The largest absolute Gasteiger partial charge is 0.575 e. The molecule has 16 nitrogen and oxygen atoms in total. The molecular formula is C23H16ClF6N7O9S. The van der Waals surface area contributed by atoms with E-state index in [0.29, 0.717) is 0 Å². The molecule has 4 aromatic rings. The van der Waals surface area contributed by atoms with Crippen LogP contribution in [0.4, 0.5) is 26.3 Å². The van der Waals surface area contributed by atoms with Crippen LogP contribution < -0.4 is 14.3 Å². The number of hydrogen-bond acceptors (Lipinski definition) is 17. The van der Waals surface area contributed by atoms with Gasteiger partial charge in [0.2, 0.25) is 5.88 Å². The second-order valence-corrected chi connectivity index (χ2v) is 9.43. The van der Waals surface area contributed by atoms with Gasteiger partial charge >= 0.3 is 42.3 Å². The zero-order valence-electron chi connectivity index (χ0n) is 22.6. The molecule has 0 saturated carbocycles. The fourth-order valence-corrected chi connectivity index (χ4v) is 3.55. The summed E-state index contributed by atoms with van der Waals surface area (Å²) in [5, 5.41) is 12.2. The smallest absolute Gasteiger partial charge is 0.411 e. The van der Waals surface area contributed by atoms with Crippen LogP contribution in [0, 0.1) is 0 Å². The molecule has 24 heteroatoms. The van der Waals surface area contributed by atoms with Crippen LogP contribution in [0.15, 0.2) is 72.9 Å². The van der Waals surface area contributed by atoms with Crippen molar-refractivity contribution in [1.29, 1.82) is 0 Å². The molecule has 0 spiro atoms. The third kappa shape index (κ3) is 9.74. The minimum Gasteiger partial charge on any atom is -0.411 e. The lowest BCUT2D eigenvalue weighted by atomic mass is 10.2. The van der Waals surface area contributed by atoms with E-state index in [9.17, 15) is 36.2 Å². The third-order valence-corrected chi connectivity index (χ3v) is 5.88. The van der Waals surface area contributed by atoms with Gasteiger partial charge in [-0.05, 0) is 18.2 Å². The van der Waals surface area contributed by atoms with E-state index in [1.165, 1.54) is 29.8 Å². The molecular weight excluding hydrogens is 700 g/mol. The second-order valence-electron chi connectivity index (χ2n) is 8.06. The number of thiazole rings is 1. The van der Waals surface area contributed by atoms with Gasteiger partial charge < -0.3 is 28.9 Å². The Hall–Kier alpha value is -4.52. The van der Waals surface area contributed by atoms with Crippen molar-refractivity contribution in [2.45, 2.75) is 36.5 Å². The first kappa shape index (κ1) is 35.3. The van der Waals surface area contributed by atoms with E-state index < -0.39 is 65.7 Å². The molecule has 3 unspecified atom stereocenters. The predicted molar refractivity (Wildman–Crippen MR) is 137 cm³/mol. The van der Waals surface area contributed by atoms with Gasteiger partial charge in [0, 0.05) is 48.6 Å². The molecule has 252 valence electrons. The molecule has 0 amide bonds. The van der Waals surface area contributed by atoms with Gasteiger partial charge in [0.15, 0.2) is 0 Å². The van der Waals surface area contributed by atoms with Gasteiger partial charge in [-0.25, -0.2) is 39.5 Å². The monoisotopic (exact) mass is 715 g/mol. The summed E-state index contributed by atoms with van der Waals surface area (Å²) in [6, 6.07) is 4.05. The number of rotatable bonds is 15. The van der Waals surface area contributed by atoms with Crippen LogP contribution in [0.3, 0.4) is 0 Å². The van der Waals surface area contributed by atoms with Crippen LogP contribution in [0.1, 0.15) is 5.01 Å². The first-order valence-corrected chi connectivity index (χ1v) is 13.4. The van der Waals surface area contributed by atoms with Crippen molar-refractivity contribution in [3.63, 3.8) is 0 Å². The number of esters is 1. The number of nitrogens with zero attached hydrogens (tertiary/aromatic N) is 7. The SMILES string of the molecule is O=C(OC(F)(F)F)C(Oc1ncccn1)(ON(Oc1ccccn1)OC(Cl)C(O)(OCc1nccs1)Oc1ncccn1)C(F)(F)F. The molecule has 0 aliphatic heterocycles. The van der Waals surface area contributed by atoms with E-state index in [2.05, 4.69) is 44.2 Å². The molecule has 0 aliphatic rings. The number of carbonyl (C=O) groups is 1. The number of halogens is 7. The maximum Gasteiger partial charge on any atom is 0.575 e. The molecule has 4 aromatic heterocycles. The van der Waals surface area contributed by atoms with Crippen LogP contribution >= 0.6 is 22.9 Å². The Kier molecular flexibility index (Phi) is 11.2. The topological polar surface area (TPSA) is 182 Å². The molecule has 1 N–H and O–H groups in total. The van der Waals surface area contributed by atoms with Crippen molar-refractivity contribution in [3.05, 3.63) is 77.9 Å². The van der Waals surface area contributed by atoms with E-state index >= 15 is 0 Å². The highest BCUT2D eigenvalue weighted by atomic mass is 35.5. The van der Waals surface area contributed by atoms with Crippen molar-refractivity contribution in [2.24, 2.45) is 0 Å². The number of aromatic nitrogens is 6. The Balaban J connectivity index is 1.75. The first-order valence-electron chi connectivity index (χ1n) is 12.1. The van der Waals surface area contributed by atoms with Gasteiger partial charge in [0.05, 0.1) is 0 Å². The molecule has 47 heavy (non-hydrogen) atoms. The average molecular weight is 716 g/mol. The van der Waals surface area contributed by atoms with Gasteiger partial charge in [-0.15, -0.1) is 24.5 Å². The highest BCUT2D eigenvalue weighted by Crippen LogP contribution is 2.39. The maximum absolute atomic E-state index is 14.6. The van der Waals surface area contributed by atoms with E-state index in [0.717, 1.165) is 54.5 Å². The number of ether oxygens (including phenoxy) is 4. The Labute approximate surface area is 266 Å². The van der Waals surface area contributed by atoms with Gasteiger partial charge in [-0.3, -0.25) is 0 Å². The van der Waals surface area contributed by atoms with Crippen molar-refractivity contribution in [1.82, 2.24) is 35.3 Å². The first-order chi connectivity index (χ1) is 22.2. The number of alkyl halides is 7. The van der Waals surface area contributed by atoms with E-state index in [-0.39, 0.29) is 5.01 Å². The molecule has 4 heterocycles. The molecule has 0 radical (unpaired) electrons. The normalized spacial score (nSPS) is 15.3. The van der Waals surface area contributed by atoms with E-state index in [1.807, 2.05) is 0 Å². The third-order valence-electron chi connectivity index (χ3n) is 4.77. The lowest BCUT2D eigenvalue weighted by Crippen LogP contribution is -2.64. The zero-order chi connectivity index (χ0) is 34.1. The predicted octanol–water partition coefficient (Wildman–Crippen LogP) is 3.48. The zero-order valence-corrected chi connectivity index (χ0v) is 24.2. The lowest BCUT2D eigenvalue weighted by molar-refractivity contribution is -0.573. The average Bonchev–Trinajstić information content (AvgIpc) is 3.54. The summed E-state index contributed by atoms with van der Waals surface area (Å²) in [6.45, 7) is -0.575. The quantitative estimate of drug-likeness (QED) is 0.0620. The highest BCUT2D eigenvalue weighted by Gasteiger charge is 2.71. The molecule has 0 bridgehead atoms. The number of aliphatic hydroxyl groups is 1. The fourth-order valence-electron chi connectivity index (χ4n) is 2.85. The minimum atomic E-state index is -6.27. The molecule has 3 atom stereocenters. The molecule has 0 aliphatic carbocycles. The van der Waals surface area contributed by atoms with Crippen molar-refractivity contribution in [2.75, 3.05) is 0 Å². The van der Waals surface area contributed by atoms with Crippen molar-refractivity contribution >= 4 is 28.9 Å². The van der Waals surface area contributed by atoms with Gasteiger partial charge in [-0.2, -0.15) is 18.0 Å². The molecule has 0 fully saturated rings. The summed E-state index contributed by atoms with van der Waals surface area (Å²) in [4.78, 5) is 48.6. The number of pyridine rings is 1. The van der Waals surface area contributed by atoms with Gasteiger partial charge in [0.1, 0.15) is 17.0 Å². The molecule has 0 saturated heterocycles. The Bertz CT molecular complexity index is 1560. The summed E-state index contributed by atoms with van der Waals surface area (Å²) >= 11 is 7.20. The minimum absolute atomic E-state index is 0.213. The summed E-state index contributed by atoms with van der Waals surface area (Å²) in [5.74, 6) is -12.4. The van der Waals surface area contributed by atoms with Crippen molar-refractivity contribution < 1.29 is 69.7 Å². The van der Waals surface area contributed by atoms with Gasteiger partial charge in [0.25, 0.3) is 5.56 Å². The molecule has 0 aromatic carbocycles. The van der Waals surface area contributed by atoms with E-state index in [1.54, 1.807) is 0 Å². The maximum atomic E-state index is 14.6. The standard InChI is InChI=1S/C23H16ClF6N7O9S/c24-16(21(39,40-13-15-32-11-12-47-15)43-19-35-9-4-10-36-19)45-37(44-14-5-1-2-6-31-14)46-20(22(25,26)27,17(38)41-23(28,29)30)42-18-33-7-3-8-34-18/h1-12,16,39H,13H2. The summed E-state index contributed by atoms with van der Waals surface area (Å²) < 4.78 is 101. The highest BCUT2D eigenvalue weighted by molar-refractivity contribution is 7.09. The fraction of sp³-hybridized carbons (Fsp3) is 0.261.